The van der Waals surface area contributed by atoms with Crippen LogP contribution >= 0.6 is 0 Å². The van der Waals surface area contributed by atoms with Crippen molar-refractivity contribution in [3.63, 3.8) is 0 Å². The van der Waals surface area contributed by atoms with Gasteiger partial charge in [-0.05, 0) is 40.5 Å². The Balaban J connectivity index is 2.34. The van der Waals surface area contributed by atoms with E-state index in [0.29, 0.717) is 12.8 Å². The fraction of sp³-hybridized carbons (Fsp3) is 0.900. The third-order valence-corrected chi connectivity index (χ3v) is 2.06. The first-order valence-corrected chi connectivity index (χ1v) is 4.80. The first-order valence-electron chi connectivity index (χ1n) is 4.80. The summed E-state index contributed by atoms with van der Waals surface area (Å²) < 4.78 is 0. The van der Waals surface area contributed by atoms with Gasteiger partial charge in [-0.15, -0.1) is 0 Å². The van der Waals surface area contributed by atoms with E-state index in [-0.39, 0.29) is 5.60 Å². The minimum Gasteiger partial charge on any atom is -0.390 e. The van der Waals surface area contributed by atoms with Crippen LogP contribution in [0.2, 0.25) is 0 Å². The molecule has 0 aromatic carbocycles. The van der Waals surface area contributed by atoms with E-state index >= 15 is 0 Å². The Morgan fingerprint density at radius 2 is 1.77 bits per heavy atom. The van der Waals surface area contributed by atoms with Crippen molar-refractivity contribution < 1.29 is 9.94 Å². The van der Waals surface area contributed by atoms with Crippen molar-refractivity contribution in [2.75, 3.05) is 13.1 Å². The Morgan fingerprint density at radius 1 is 1.31 bits per heavy atom. The van der Waals surface area contributed by atoms with E-state index in [1.165, 1.54) is 0 Å². The first kappa shape index (κ1) is 11.0. The number of piperidine rings is 1. The maximum atomic E-state index is 9.60. The largest absolute Gasteiger partial charge is 0.390 e. The second-order valence-electron chi connectivity index (χ2n) is 4.86. The molecule has 0 aliphatic carbocycles. The van der Waals surface area contributed by atoms with Crippen LogP contribution in [0, 0.1) is 6.92 Å². The summed E-state index contributed by atoms with van der Waals surface area (Å²) in [6.45, 7) is 11.3. The molecule has 0 unspecified atom stereocenters. The van der Waals surface area contributed by atoms with Crippen molar-refractivity contribution in [2.24, 2.45) is 0 Å². The minimum absolute atomic E-state index is 0.142. The second-order valence-corrected chi connectivity index (χ2v) is 4.86. The van der Waals surface area contributed by atoms with E-state index in [0.717, 1.165) is 13.1 Å². The molecule has 0 saturated carbocycles. The van der Waals surface area contributed by atoms with Gasteiger partial charge in [0.15, 0.2) is 0 Å². The van der Waals surface area contributed by atoms with Crippen molar-refractivity contribution in [3.05, 3.63) is 6.92 Å². The highest BCUT2D eigenvalue weighted by molar-refractivity contribution is 4.86. The van der Waals surface area contributed by atoms with Gasteiger partial charge in [-0.3, -0.25) is 4.84 Å². The molecule has 13 heavy (non-hydrogen) atoms. The molecule has 1 rings (SSSR count). The van der Waals surface area contributed by atoms with Gasteiger partial charge in [0.1, 0.15) is 0 Å². The van der Waals surface area contributed by atoms with Crippen LogP contribution in [0.1, 0.15) is 33.6 Å². The monoisotopic (exact) mass is 186 g/mol. The molecular formula is C10H20NO2. The molecule has 1 radical (unpaired) electrons. The molecule has 3 heteroatoms. The topological polar surface area (TPSA) is 32.7 Å². The SMILES string of the molecule is [CH2]C1(O)CCN(OC(C)(C)C)CC1. The van der Waals surface area contributed by atoms with Gasteiger partial charge in [-0.25, -0.2) is 0 Å². The molecule has 1 aliphatic heterocycles. The van der Waals surface area contributed by atoms with Crippen LogP contribution in [0.25, 0.3) is 0 Å². The number of hydrogen-bond donors (Lipinski definition) is 1. The van der Waals surface area contributed by atoms with Crippen LogP contribution in [0.15, 0.2) is 0 Å². The lowest BCUT2D eigenvalue weighted by Crippen LogP contribution is -2.45. The molecule has 0 aromatic heterocycles. The zero-order valence-electron chi connectivity index (χ0n) is 8.84. The van der Waals surface area contributed by atoms with E-state index in [4.69, 9.17) is 4.84 Å². The van der Waals surface area contributed by atoms with Gasteiger partial charge >= 0.3 is 0 Å². The Labute approximate surface area is 80.6 Å². The van der Waals surface area contributed by atoms with Gasteiger partial charge in [-0.2, -0.15) is 5.06 Å². The lowest BCUT2D eigenvalue weighted by molar-refractivity contribution is -0.246. The maximum absolute atomic E-state index is 9.60. The predicted molar refractivity (Wildman–Crippen MR) is 52.0 cm³/mol. The number of hydroxylamine groups is 2. The summed E-state index contributed by atoms with van der Waals surface area (Å²) in [5, 5.41) is 11.5. The van der Waals surface area contributed by atoms with E-state index in [1.807, 2.05) is 25.8 Å². The fourth-order valence-electron chi connectivity index (χ4n) is 1.38. The number of aliphatic hydroxyl groups is 1. The van der Waals surface area contributed by atoms with E-state index in [2.05, 4.69) is 6.92 Å². The van der Waals surface area contributed by atoms with Crippen LogP contribution in [0.4, 0.5) is 0 Å². The summed E-state index contributed by atoms with van der Waals surface area (Å²) in [4.78, 5) is 5.67. The summed E-state index contributed by atoms with van der Waals surface area (Å²) in [6, 6.07) is 0. The molecule has 1 aliphatic rings. The fourth-order valence-corrected chi connectivity index (χ4v) is 1.38. The highest BCUT2D eigenvalue weighted by Gasteiger charge is 2.29. The molecule has 3 nitrogen and oxygen atoms in total. The molecule has 1 N–H and O–H groups in total. The van der Waals surface area contributed by atoms with Crippen LogP contribution in [-0.2, 0) is 4.84 Å². The Morgan fingerprint density at radius 3 is 2.15 bits per heavy atom. The quantitative estimate of drug-likeness (QED) is 0.671. The molecule has 0 atom stereocenters. The highest BCUT2D eigenvalue weighted by Crippen LogP contribution is 2.22. The zero-order chi connectivity index (χ0) is 10.1. The standard InChI is InChI=1S/C10H20NO2/c1-9(2,3)13-11-7-5-10(4,12)6-8-11/h12H,4-8H2,1-3H3. The van der Waals surface area contributed by atoms with Crippen molar-refractivity contribution >= 4 is 0 Å². The third kappa shape index (κ3) is 4.07. The van der Waals surface area contributed by atoms with E-state index in [9.17, 15) is 5.11 Å². The number of hydrogen-bond acceptors (Lipinski definition) is 3. The predicted octanol–water partition coefficient (Wildman–Crippen LogP) is 1.38. The summed E-state index contributed by atoms with van der Waals surface area (Å²) in [5.41, 5.74) is -0.881. The summed E-state index contributed by atoms with van der Waals surface area (Å²) in [7, 11) is 0. The lowest BCUT2D eigenvalue weighted by atomic mass is 9.95. The highest BCUT2D eigenvalue weighted by atomic mass is 16.7. The van der Waals surface area contributed by atoms with Gasteiger partial charge in [0, 0.05) is 13.1 Å². The minimum atomic E-state index is -0.738. The first-order chi connectivity index (χ1) is 5.79. The van der Waals surface area contributed by atoms with Crippen molar-refractivity contribution in [3.8, 4) is 0 Å². The lowest BCUT2D eigenvalue weighted by Gasteiger charge is -2.38. The second kappa shape index (κ2) is 3.56. The molecule has 1 fully saturated rings. The smallest absolute Gasteiger partial charge is 0.0815 e. The average Bonchev–Trinajstić information content (AvgIpc) is 1.91. The van der Waals surface area contributed by atoms with Gasteiger partial charge in [0.05, 0.1) is 11.2 Å². The Hall–Kier alpha value is -0.120. The Kier molecular flexibility index (Phi) is 3.00. The normalized spacial score (nSPS) is 24.7. The van der Waals surface area contributed by atoms with Gasteiger partial charge in [-0.1, -0.05) is 0 Å². The van der Waals surface area contributed by atoms with Crippen molar-refractivity contribution in [1.29, 1.82) is 0 Å². The number of nitrogens with zero attached hydrogens (tertiary/aromatic N) is 1. The van der Waals surface area contributed by atoms with Gasteiger partial charge in [0.25, 0.3) is 0 Å². The Bertz CT molecular complexity index is 162. The molecule has 0 spiro atoms. The molecular weight excluding hydrogens is 166 g/mol. The van der Waals surface area contributed by atoms with Crippen molar-refractivity contribution in [1.82, 2.24) is 5.06 Å². The molecule has 0 bridgehead atoms. The zero-order valence-corrected chi connectivity index (χ0v) is 8.84. The molecule has 1 saturated heterocycles. The summed E-state index contributed by atoms with van der Waals surface area (Å²) >= 11 is 0. The molecule has 0 amide bonds. The summed E-state index contributed by atoms with van der Waals surface area (Å²) in [6.07, 6.45) is 1.37. The van der Waals surface area contributed by atoms with Crippen molar-refractivity contribution in [2.45, 2.75) is 44.8 Å². The summed E-state index contributed by atoms with van der Waals surface area (Å²) in [5.74, 6) is 0. The third-order valence-electron chi connectivity index (χ3n) is 2.06. The number of rotatable bonds is 1. The molecule has 1 heterocycles. The van der Waals surface area contributed by atoms with Crippen LogP contribution in [-0.4, -0.2) is 34.5 Å². The van der Waals surface area contributed by atoms with Crippen LogP contribution < -0.4 is 0 Å². The van der Waals surface area contributed by atoms with Gasteiger partial charge < -0.3 is 5.11 Å². The van der Waals surface area contributed by atoms with Crippen LogP contribution in [0.5, 0.6) is 0 Å². The average molecular weight is 186 g/mol. The van der Waals surface area contributed by atoms with Gasteiger partial charge in [0.2, 0.25) is 0 Å². The molecule has 77 valence electrons. The molecule has 0 aromatic rings. The maximum Gasteiger partial charge on any atom is 0.0815 e. The van der Waals surface area contributed by atoms with E-state index < -0.39 is 5.60 Å². The van der Waals surface area contributed by atoms with E-state index in [1.54, 1.807) is 0 Å². The van der Waals surface area contributed by atoms with Crippen LogP contribution in [0.3, 0.4) is 0 Å².